The van der Waals surface area contributed by atoms with E-state index >= 15 is 0 Å². The molecule has 0 radical (unpaired) electrons. The van der Waals surface area contributed by atoms with E-state index < -0.39 is 11.9 Å². The molecular formula is C16H15F2NO2S. The van der Waals surface area contributed by atoms with Gasteiger partial charge in [0.2, 0.25) is 0 Å². The van der Waals surface area contributed by atoms with Crippen molar-refractivity contribution in [3.05, 3.63) is 54.6 Å². The van der Waals surface area contributed by atoms with Crippen molar-refractivity contribution < 1.29 is 18.3 Å². The van der Waals surface area contributed by atoms with Gasteiger partial charge < -0.3 is 10.1 Å². The number of carbonyl (C=O) groups is 1. The van der Waals surface area contributed by atoms with Gasteiger partial charge in [-0.3, -0.25) is 4.79 Å². The van der Waals surface area contributed by atoms with Gasteiger partial charge in [-0.25, -0.2) is 0 Å². The molecule has 0 heterocycles. The van der Waals surface area contributed by atoms with Gasteiger partial charge in [-0.15, -0.1) is 0 Å². The van der Waals surface area contributed by atoms with E-state index in [0.29, 0.717) is 28.1 Å². The van der Waals surface area contributed by atoms with Crippen LogP contribution in [-0.2, 0) is 4.79 Å². The van der Waals surface area contributed by atoms with Crippen LogP contribution in [0, 0.1) is 0 Å². The number of benzene rings is 2. The van der Waals surface area contributed by atoms with E-state index in [-0.39, 0.29) is 5.91 Å². The van der Waals surface area contributed by atoms with E-state index in [2.05, 4.69) is 5.32 Å². The molecule has 0 aliphatic rings. The number of thioether (sulfide) groups is 1. The third-order valence-electron chi connectivity index (χ3n) is 2.77. The van der Waals surface area contributed by atoms with Crippen LogP contribution in [0.2, 0.25) is 0 Å². The maximum Gasteiger partial charge on any atom is 0.288 e. The minimum atomic E-state index is -2.46. The number of amides is 1. The van der Waals surface area contributed by atoms with E-state index in [1.807, 2.05) is 18.2 Å². The minimum absolute atomic E-state index is 0.307. The summed E-state index contributed by atoms with van der Waals surface area (Å²) in [6, 6.07) is 15.3. The maximum atomic E-state index is 12.2. The number of para-hydroxylation sites is 1. The van der Waals surface area contributed by atoms with Crippen LogP contribution < -0.4 is 10.1 Å². The third-order valence-corrected chi connectivity index (χ3v) is 3.49. The quantitative estimate of drug-likeness (QED) is 0.800. The number of alkyl halides is 2. The molecule has 0 unspecified atom stereocenters. The Bertz CT molecular complexity index is 605. The molecule has 0 aromatic heterocycles. The number of ether oxygens (including phenoxy) is 1. The average Bonchev–Trinajstić information content (AvgIpc) is 2.49. The van der Waals surface area contributed by atoms with Crippen LogP contribution in [0.25, 0.3) is 0 Å². The lowest BCUT2D eigenvalue weighted by molar-refractivity contribution is -0.122. The fourth-order valence-corrected chi connectivity index (χ4v) is 2.22. The van der Waals surface area contributed by atoms with E-state index in [0.717, 1.165) is 0 Å². The lowest BCUT2D eigenvalue weighted by atomic mass is 10.3. The zero-order valence-electron chi connectivity index (χ0n) is 11.8. The molecule has 22 heavy (non-hydrogen) atoms. The highest BCUT2D eigenvalue weighted by Crippen LogP contribution is 2.26. The number of carbonyl (C=O) groups excluding carboxylic acids is 1. The molecule has 0 spiro atoms. The smallest absolute Gasteiger partial charge is 0.288 e. The topological polar surface area (TPSA) is 38.3 Å². The molecule has 2 aromatic carbocycles. The molecule has 6 heteroatoms. The number of nitrogens with one attached hydrogen (secondary N) is 1. The van der Waals surface area contributed by atoms with Crippen molar-refractivity contribution in [1.29, 1.82) is 0 Å². The van der Waals surface area contributed by atoms with Crippen LogP contribution in [-0.4, -0.2) is 17.8 Å². The predicted molar refractivity (Wildman–Crippen MR) is 83.5 cm³/mol. The molecule has 3 nitrogen and oxygen atoms in total. The highest BCUT2D eigenvalue weighted by molar-refractivity contribution is 7.99. The van der Waals surface area contributed by atoms with Crippen LogP contribution in [0.15, 0.2) is 59.5 Å². The van der Waals surface area contributed by atoms with Gasteiger partial charge in [-0.1, -0.05) is 30.0 Å². The summed E-state index contributed by atoms with van der Waals surface area (Å²) in [5.41, 5.74) is 0.534. The fourth-order valence-electron chi connectivity index (χ4n) is 1.72. The second-order valence-electron chi connectivity index (χ2n) is 4.47. The standard InChI is InChI=1S/C16H15F2NO2S/c1-11(21-13-5-3-2-4-6-13)15(20)19-12-7-9-14(10-8-12)22-16(17)18/h2-11,16H,1H3,(H,19,20)/t11-/m1/s1. The van der Waals surface area contributed by atoms with Gasteiger partial charge in [0.05, 0.1) is 0 Å². The second kappa shape index (κ2) is 7.79. The largest absolute Gasteiger partial charge is 0.481 e. The van der Waals surface area contributed by atoms with Crippen molar-refractivity contribution in [2.75, 3.05) is 5.32 Å². The summed E-state index contributed by atoms with van der Waals surface area (Å²) in [7, 11) is 0. The predicted octanol–water partition coefficient (Wildman–Crippen LogP) is 4.41. The molecule has 0 fully saturated rings. The Morgan fingerprint density at radius 2 is 1.73 bits per heavy atom. The molecule has 2 aromatic rings. The number of hydrogen-bond acceptors (Lipinski definition) is 3. The maximum absolute atomic E-state index is 12.2. The summed E-state index contributed by atoms with van der Waals surface area (Å²) in [5, 5.41) is 2.68. The summed E-state index contributed by atoms with van der Waals surface area (Å²) in [6.45, 7) is 1.64. The molecule has 0 saturated heterocycles. The molecule has 0 aliphatic carbocycles. The van der Waals surface area contributed by atoms with Gasteiger partial charge in [-0.2, -0.15) is 8.78 Å². The van der Waals surface area contributed by atoms with Gasteiger partial charge in [0.1, 0.15) is 5.75 Å². The third kappa shape index (κ3) is 5.04. The van der Waals surface area contributed by atoms with Crippen LogP contribution >= 0.6 is 11.8 Å². The molecule has 1 N–H and O–H groups in total. The lowest BCUT2D eigenvalue weighted by Crippen LogP contribution is -2.30. The Morgan fingerprint density at radius 3 is 2.32 bits per heavy atom. The van der Waals surface area contributed by atoms with E-state index in [1.165, 1.54) is 12.1 Å². The van der Waals surface area contributed by atoms with Crippen molar-refractivity contribution >= 4 is 23.4 Å². The average molecular weight is 323 g/mol. The summed E-state index contributed by atoms with van der Waals surface area (Å²) in [4.78, 5) is 12.5. The monoisotopic (exact) mass is 323 g/mol. The number of anilines is 1. The van der Waals surface area contributed by atoms with Crippen LogP contribution in [0.3, 0.4) is 0 Å². The van der Waals surface area contributed by atoms with Crippen LogP contribution in [0.4, 0.5) is 14.5 Å². The first-order valence-electron chi connectivity index (χ1n) is 6.62. The van der Waals surface area contributed by atoms with E-state index in [9.17, 15) is 13.6 Å². The SMILES string of the molecule is C[C@@H](Oc1ccccc1)C(=O)Nc1ccc(SC(F)F)cc1. The normalized spacial score (nSPS) is 12.0. The number of rotatable bonds is 6. The zero-order chi connectivity index (χ0) is 15.9. The summed E-state index contributed by atoms with van der Waals surface area (Å²) in [6.07, 6.45) is -0.669. The summed E-state index contributed by atoms with van der Waals surface area (Å²) >= 11 is 0.463. The molecule has 0 saturated carbocycles. The van der Waals surface area contributed by atoms with Gasteiger partial charge in [0.25, 0.3) is 11.7 Å². The molecule has 2 rings (SSSR count). The minimum Gasteiger partial charge on any atom is -0.481 e. The first-order chi connectivity index (χ1) is 10.5. The van der Waals surface area contributed by atoms with Gasteiger partial charge in [-0.05, 0) is 43.3 Å². The molecule has 1 atom stereocenters. The zero-order valence-corrected chi connectivity index (χ0v) is 12.6. The first kappa shape index (κ1) is 16.3. The highest BCUT2D eigenvalue weighted by atomic mass is 32.2. The molecule has 0 aliphatic heterocycles. The Morgan fingerprint density at radius 1 is 1.09 bits per heavy atom. The molecule has 116 valence electrons. The van der Waals surface area contributed by atoms with E-state index in [1.54, 1.807) is 31.2 Å². The molecule has 0 bridgehead atoms. The summed E-state index contributed by atoms with van der Waals surface area (Å²) in [5.74, 6) is -2.16. The Balaban J connectivity index is 1.90. The Labute approximate surface area is 131 Å². The molecule has 1 amide bonds. The lowest BCUT2D eigenvalue weighted by Gasteiger charge is -2.14. The number of halogens is 2. The van der Waals surface area contributed by atoms with E-state index in [4.69, 9.17) is 4.74 Å². The Kier molecular flexibility index (Phi) is 5.77. The van der Waals surface area contributed by atoms with Crippen molar-refractivity contribution in [2.24, 2.45) is 0 Å². The van der Waals surface area contributed by atoms with Crippen LogP contribution in [0.1, 0.15) is 6.92 Å². The van der Waals surface area contributed by atoms with Crippen molar-refractivity contribution in [2.45, 2.75) is 23.7 Å². The van der Waals surface area contributed by atoms with Crippen molar-refractivity contribution in [3.8, 4) is 5.75 Å². The van der Waals surface area contributed by atoms with Gasteiger partial charge >= 0.3 is 0 Å². The summed E-state index contributed by atoms with van der Waals surface area (Å²) < 4.78 is 30.0. The fraction of sp³-hybridized carbons (Fsp3) is 0.188. The second-order valence-corrected chi connectivity index (χ2v) is 5.53. The van der Waals surface area contributed by atoms with Crippen LogP contribution in [0.5, 0.6) is 5.75 Å². The highest BCUT2D eigenvalue weighted by Gasteiger charge is 2.15. The van der Waals surface area contributed by atoms with Crippen molar-refractivity contribution in [3.63, 3.8) is 0 Å². The number of hydrogen-bond donors (Lipinski definition) is 1. The van der Waals surface area contributed by atoms with Gasteiger partial charge in [0.15, 0.2) is 6.10 Å². The Hall–Kier alpha value is -2.08. The first-order valence-corrected chi connectivity index (χ1v) is 7.50. The molecular weight excluding hydrogens is 308 g/mol. The van der Waals surface area contributed by atoms with Gasteiger partial charge in [0, 0.05) is 10.6 Å². The van der Waals surface area contributed by atoms with Crippen molar-refractivity contribution in [1.82, 2.24) is 0 Å².